The second-order valence-electron chi connectivity index (χ2n) is 5.59. The summed E-state index contributed by atoms with van der Waals surface area (Å²) in [6, 6.07) is 12.0. The molecule has 0 unspecified atom stereocenters. The molecule has 1 heterocycles. The maximum absolute atomic E-state index is 13.3. The zero-order valence-corrected chi connectivity index (χ0v) is 15.6. The van der Waals surface area contributed by atoms with Crippen molar-refractivity contribution in [3.8, 4) is 16.3 Å². The Bertz CT molecular complexity index is 1000. The van der Waals surface area contributed by atoms with E-state index in [1.807, 2.05) is 0 Å². The molecule has 3 rings (SSSR count). The normalized spacial score (nSPS) is 11.2. The quantitative estimate of drug-likeness (QED) is 0.576. The molecular weight excluding hydrogens is 393 g/mol. The number of alkyl halides is 3. The number of ether oxygens (including phenoxy) is 2. The van der Waals surface area contributed by atoms with Crippen molar-refractivity contribution < 1.29 is 27.4 Å². The topological polar surface area (TPSA) is 60.5 Å². The van der Waals surface area contributed by atoms with E-state index in [9.17, 15) is 18.0 Å². The van der Waals surface area contributed by atoms with Gasteiger partial charge in [0.25, 0.3) is 0 Å². The van der Waals surface area contributed by atoms with E-state index in [1.54, 1.807) is 24.3 Å². The number of rotatable bonds is 5. The third kappa shape index (κ3) is 4.09. The maximum atomic E-state index is 13.3. The molecule has 0 aliphatic carbocycles. The third-order valence-corrected chi connectivity index (χ3v) is 4.88. The first-order valence-electron chi connectivity index (χ1n) is 8.00. The van der Waals surface area contributed by atoms with Gasteiger partial charge in [-0.05, 0) is 24.3 Å². The van der Waals surface area contributed by atoms with E-state index in [0.29, 0.717) is 16.3 Å². The number of nitrogens with zero attached hydrogens (tertiary/aromatic N) is 1. The molecule has 0 aliphatic heterocycles. The highest BCUT2D eigenvalue weighted by molar-refractivity contribution is 7.17. The van der Waals surface area contributed by atoms with E-state index in [0.717, 1.165) is 17.4 Å². The van der Waals surface area contributed by atoms with Crippen molar-refractivity contribution in [1.82, 2.24) is 4.98 Å². The molecule has 146 valence electrons. The summed E-state index contributed by atoms with van der Waals surface area (Å²) in [6.07, 6.45) is -4.55. The van der Waals surface area contributed by atoms with Crippen LogP contribution >= 0.6 is 11.3 Å². The summed E-state index contributed by atoms with van der Waals surface area (Å²) in [6.45, 7) is 0. The van der Waals surface area contributed by atoms with E-state index in [2.05, 4.69) is 10.3 Å². The van der Waals surface area contributed by atoms with Gasteiger partial charge in [0.1, 0.15) is 10.8 Å². The molecule has 5 nitrogen and oxygen atoms in total. The summed E-state index contributed by atoms with van der Waals surface area (Å²) in [4.78, 5) is 16.5. The van der Waals surface area contributed by atoms with Crippen LogP contribution in [0.3, 0.4) is 0 Å². The number of thiazole rings is 1. The van der Waals surface area contributed by atoms with E-state index in [1.165, 1.54) is 32.4 Å². The SMILES string of the molecule is COC(=O)c1sc(-c2cccc(OC)c2)nc1Nc1ccccc1C(F)(F)F. The summed E-state index contributed by atoms with van der Waals surface area (Å²) in [5.41, 5.74) is -0.406. The number of anilines is 2. The zero-order valence-electron chi connectivity index (χ0n) is 14.8. The van der Waals surface area contributed by atoms with Crippen molar-refractivity contribution in [2.24, 2.45) is 0 Å². The van der Waals surface area contributed by atoms with Gasteiger partial charge in [-0.3, -0.25) is 0 Å². The predicted molar refractivity (Wildman–Crippen MR) is 100 cm³/mol. The van der Waals surface area contributed by atoms with E-state index < -0.39 is 17.7 Å². The Morgan fingerprint density at radius 2 is 1.86 bits per heavy atom. The first-order valence-corrected chi connectivity index (χ1v) is 8.82. The molecular formula is C19H15F3N2O3S. The van der Waals surface area contributed by atoms with E-state index in [4.69, 9.17) is 9.47 Å². The zero-order chi connectivity index (χ0) is 20.3. The molecule has 0 aliphatic rings. The fourth-order valence-electron chi connectivity index (χ4n) is 2.48. The molecule has 0 atom stereocenters. The van der Waals surface area contributed by atoms with Gasteiger partial charge < -0.3 is 14.8 Å². The lowest BCUT2D eigenvalue weighted by Crippen LogP contribution is -2.10. The van der Waals surface area contributed by atoms with Crippen LogP contribution in [0.15, 0.2) is 48.5 Å². The van der Waals surface area contributed by atoms with Crippen LogP contribution in [0.1, 0.15) is 15.2 Å². The standard InChI is InChI=1S/C19H15F3N2O3S/c1-26-12-7-5-6-11(10-12)17-24-16(15(28-17)18(25)27-2)23-14-9-4-3-8-13(14)19(20,21)22/h3-10,23H,1-2H3. The van der Waals surface area contributed by atoms with Crippen molar-refractivity contribution in [2.75, 3.05) is 19.5 Å². The number of carbonyl (C=O) groups excluding carboxylic acids is 1. The Hall–Kier alpha value is -3.07. The number of nitrogens with one attached hydrogen (secondary N) is 1. The van der Waals surface area contributed by atoms with E-state index in [-0.39, 0.29) is 16.4 Å². The highest BCUT2D eigenvalue weighted by Crippen LogP contribution is 2.38. The van der Waals surface area contributed by atoms with Crippen molar-refractivity contribution in [3.63, 3.8) is 0 Å². The largest absolute Gasteiger partial charge is 0.497 e. The van der Waals surface area contributed by atoms with Gasteiger partial charge in [0.2, 0.25) is 0 Å². The summed E-state index contributed by atoms with van der Waals surface area (Å²) >= 11 is 1.01. The van der Waals surface area contributed by atoms with Crippen molar-refractivity contribution in [2.45, 2.75) is 6.18 Å². The second-order valence-corrected chi connectivity index (χ2v) is 6.59. The molecule has 28 heavy (non-hydrogen) atoms. The Kier molecular flexibility index (Phi) is 5.55. The number of aromatic nitrogens is 1. The number of carbonyl (C=O) groups is 1. The van der Waals surface area contributed by atoms with Crippen LogP contribution < -0.4 is 10.1 Å². The van der Waals surface area contributed by atoms with Crippen molar-refractivity contribution in [1.29, 1.82) is 0 Å². The lowest BCUT2D eigenvalue weighted by Gasteiger charge is -2.13. The average molecular weight is 408 g/mol. The Balaban J connectivity index is 2.06. The number of hydrogen-bond donors (Lipinski definition) is 1. The Labute approximate surface area is 162 Å². The Morgan fingerprint density at radius 3 is 2.54 bits per heavy atom. The average Bonchev–Trinajstić information content (AvgIpc) is 3.11. The molecule has 1 aromatic heterocycles. The molecule has 9 heteroatoms. The number of esters is 1. The van der Waals surface area contributed by atoms with Gasteiger partial charge in [-0.1, -0.05) is 24.3 Å². The van der Waals surface area contributed by atoms with Crippen LogP contribution in [0, 0.1) is 0 Å². The number of para-hydroxylation sites is 1. The van der Waals surface area contributed by atoms with Gasteiger partial charge in [0.15, 0.2) is 10.7 Å². The highest BCUT2D eigenvalue weighted by Gasteiger charge is 2.34. The van der Waals surface area contributed by atoms with Crippen LogP contribution in [-0.2, 0) is 10.9 Å². The minimum Gasteiger partial charge on any atom is -0.497 e. The summed E-state index contributed by atoms with van der Waals surface area (Å²) in [5, 5.41) is 3.07. The van der Waals surface area contributed by atoms with Crippen LogP contribution in [0.4, 0.5) is 24.7 Å². The molecule has 0 spiro atoms. The molecule has 0 saturated heterocycles. The van der Waals surface area contributed by atoms with Gasteiger partial charge >= 0.3 is 12.1 Å². The summed E-state index contributed by atoms with van der Waals surface area (Å²) in [7, 11) is 2.71. The number of methoxy groups -OCH3 is 2. The van der Waals surface area contributed by atoms with Gasteiger partial charge in [-0.2, -0.15) is 13.2 Å². The highest BCUT2D eigenvalue weighted by atomic mass is 32.1. The third-order valence-electron chi connectivity index (χ3n) is 3.80. The molecule has 0 amide bonds. The molecule has 2 aromatic carbocycles. The van der Waals surface area contributed by atoms with E-state index >= 15 is 0 Å². The van der Waals surface area contributed by atoms with Gasteiger partial charge in [-0.15, -0.1) is 11.3 Å². The van der Waals surface area contributed by atoms with Crippen LogP contribution in [0.25, 0.3) is 10.6 Å². The first kappa shape index (κ1) is 19.7. The lowest BCUT2D eigenvalue weighted by molar-refractivity contribution is -0.136. The predicted octanol–water partition coefficient (Wildman–Crippen LogP) is 5.37. The molecule has 0 radical (unpaired) electrons. The number of benzene rings is 2. The first-order chi connectivity index (χ1) is 13.3. The fourth-order valence-corrected chi connectivity index (χ4v) is 3.42. The number of hydrogen-bond acceptors (Lipinski definition) is 6. The van der Waals surface area contributed by atoms with Gasteiger partial charge in [-0.25, -0.2) is 9.78 Å². The molecule has 0 fully saturated rings. The smallest absolute Gasteiger partial charge is 0.418 e. The summed E-state index contributed by atoms with van der Waals surface area (Å²) < 4.78 is 49.7. The summed E-state index contributed by atoms with van der Waals surface area (Å²) in [5.74, 6) is -0.116. The number of halogens is 3. The Morgan fingerprint density at radius 1 is 1.11 bits per heavy atom. The lowest BCUT2D eigenvalue weighted by atomic mass is 10.1. The molecule has 1 N–H and O–H groups in total. The van der Waals surface area contributed by atoms with Crippen LogP contribution in [0.2, 0.25) is 0 Å². The molecule has 0 bridgehead atoms. The van der Waals surface area contributed by atoms with Crippen molar-refractivity contribution >= 4 is 28.8 Å². The molecule has 3 aromatic rings. The second kappa shape index (κ2) is 7.89. The minimum absolute atomic E-state index is 0.00799. The fraction of sp³-hybridized carbons (Fsp3) is 0.158. The van der Waals surface area contributed by atoms with Gasteiger partial charge in [0, 0.05) is 5.56 Å². The van der Waals surface area contributed by atoms with Crippen LogP contribution in [0.5, 0.6) is 5.75 Å². The van der Waals surface area contributed by atoms with Crippen LogP contribution in [-0.4, -0.2) is 25.2 Å². The monoisotopic (exact) mass is 408 g/mol. The van der Waals surface area contributed by atoms with Crippen molar-refractivity contribution in [3.05, 3.63) is 59.0 Å². The minimum atomic E-state index is -4.55. The van der Waals surface area contributed by atoms with Gasteiger partial charge in [0.05, 0.1) is 25.5 Å². The maximum Gasteiger partial charge on any atom is 0.418 e. The molecule has 0 saturated carbocycles.